The minimum Gasteiger partial charge on any atom is -0.459 e. The van der Waals surface area contributed by atoms with Gasteiger partial charge in [0.2, 0.25) is 5.91 Å². The molecule has 0 aromatic heterocycles. The summed E-state index contributed by atoms with van der Waals surface area (Å²) in [7, 11) is 0. The van der Waals surface area contributed by atoms with Crippen molar-refractivity contribution in [1.82, 2.24) is 10.6 Å². The van der Waals surface area contributed by atoms with Crippen molar-refractivity contribution < 1.29 is 28.7 Å². The molecule has 8 nitrogen and oxygen atoms in total. The molecule has 1 heterocycles. The van der Waals surface area contributed by atoms with Crippen molar-refractivity contribution in [2.24, 2.45) is 17.8 Å². The van der Waals surface area contributed by atoms with E-state index in [0.29, 0.717) is 0 Å². The van der Waals surface area contributed by atoms with Gasteiger partial charge in [-0.25, -0.2) is 4.79 Å². The van der Waals surface area contributed by atoms with Gasteiger partial charge in [-0.2, -0.15) is 0 Å². The minimum absolute atomic E-state index is 0.0144. The van der Waals surface area contributed by atoms with Gasteiger partial charge in [-0.15, -0.1) is 0 Å². The molecule has 0 spiro atoms. The fraction of sp³-hybridized carbons (Fsp3) is 0.545. The van der Waals surface area contributed by atoms with Gasteiger partial charge in [0.15, 0.2) is 6.10 Å². The molecule has 0 saturated carbocycles. The molecule has 0 aliphatic carbocycles. The van der Waals surface area contributed by atoms with Crippen LogP contribution in [0.4, 0.5) is 0 Å². The normalized spacial score (nSPS) is 19.8. The molecule has 1 aromatic rings. The summed E-state index contributed by atoms with van der Waals surface area (Å²) in [5.41, 5.74) is 0.845. The van der Waals surface area contributed by atoms with Gasteiger partial charge < -0.3 is 20.1 Å². The summed E-state index contributed by atoms with van der Waals surface area (Å²) in [6, 6.07) is 8.40. The Morgan fingerprint density at radius 1 is 1.13 bits per heavy atom. The number of nitrogens with one attached hydrogen (secondary N) is 2. The molecule has 3 unspecified atom stereocenters. The number of carbonyl (C=O) groups excluding carboxylic acids is 4. The molecule has 1 aliphatic heterocycles. The van der Waals surface area contributed by atoms with E-state index in [-0.39, 0.29) is 25.0 Å². The van der Waals surface area contributed by atoms with Crippen LogP contribution in [0.5, 0.6) is 0 Å². The molecule has 8 heteroatoms. The highest BCUT2D eigenvalue weighted by Gasteiger charge is 2.49. The molecule has 1 saturated heterocycles. The SMILES string of the molecule is CC[C@H](C)C1C(=O)OC1C(=O)NCC(=O)NC(C(=O)OCc1ccccc1)C(C)C. The van der Waals surface area contributed by atoms with Crippen molar-refractivity contribution >= 4 is 23.8 Å². The first-order chi connectivity index (χ1) is 14.2. The van der Waals surface area contributed by atoms with Crippen molar-refractivity contribution in [2.45, 2.75) is 52.9 Å². The van der Waals surface area contributed by atoms with Crippen LogP contribution in [-0.4, -0.2) is 42.4 Å². The van der Waals surface area contributed by atoms with Gasteiger partial charge in [-0.1, -0.05) is 64.4 Å². The van der Waals surface area contributed by atoms with Crippen LogP contribution in [0.25, 0.3) is 0 Å². The van der Waals surface area contributed by atoms with Gasteiger partial charge in [0.1, 0.15) is 18.6 Å². The molecule has 4 atom stereocenters. The lowest BCUT2D eigenvalue weighted by Crippen LogP contribution is -2.57. The molecule has 1 aromatic carbocycles. The number of hydrogen-bond acceptors (Lipinski definition) is 6. The topological polar surface area (TPSA) is 111 Å². The van der Waals surface area contributed by atoms with Crippen LogP contribution < -0.4 is 10.6 Å². The average Bonchev–Trinajstić information content (AvgIpc) is 2.72. The summed E-state index contributed by atoms with van der Waals surface area (Å²) in [6.45, 7) is 7.18. The molecule has 1 fully saturated rings. The number of rotatable bonds is 10. The fourth-order valence-corrected chi connectivity index (χ4v) is 3.14. The molecule has 2 N–H and O–H groups in total. The lowest BCUT2D eigenvalue weighted by molar-refractivity contribution is -0.193. The Labute approximate surface area is 176 Å². The lowest BCUT2D eigenvalue weighted by atomic mass is 9.83. The Balaban J connectivity index is 1.82. The average molecular weight is 418 g/mol. The van der Waals surface area contributed by atoms with Gasteiger partial charge >= 0.3 is 11.9 Å². The maximum Gasteiger partial charge on any atom is 0.329 e. The van der Waals surface area contributed by atoms with Crippen molar-refractivity contribution in [3.05, 3.63) is 35.9 Å². The van der Waals surface area contributed by atoms with E-state index in [1.807, 2.05) is 44.2 Å². The van der Waals surface area contributed by atoms with Gasteiger partial charge in [-0.3, -0.25) is 14.4 Å². The zero-order valence-corrected chi connectivity index (χ0v) is 17.8. The highest BCUT2D eigenvalue weighted by atomic mass is 16.6. The summed E-state index contributed by atoms with van der Waals surface area (Å²) in [6.07, 6.45) is -0.137. The lowest BCUT2D eigenvalue weighted by Gasteiger charge is -2.37. The van der Waals surface area contributed by atoms with Crippen molar-refractivity contribution in [2.75, 3.05) is 6.54 Å². The first kappa shape index (κ1) is 23.4. The highest BCUT2D eigenvalue weighted by molar-refractivity contribution is 5.96. The van der Waals surface area contributed by atoms with Crippen LogP contribution in [-0.2, 0) is 35.3 Å². The molecular formula is C22H30N2O6. The third kappa shape index (κ3) is 6.05. The number of benzene rings is 1. The Bertz CT molecular complexity index is 764. The van der Waals surface area contributed by atoms with Crippen LogP contribution in [0, 0.1) is 17.8 Å². The molecule has 164 valence electrons. The summed E-state index contributed by atoms with van der Waals surface area (Å²) < 4.78 is 10.3. The van der Waals surface area contributed by atoms with Crippen molar-refractivity contribution in [3.63, 3.8) is 0 Å². The first-order valence-corrected chi connectivity index (χ1v) is 10.2. The van der Waals surface area contributed by atoms with E-state index in [4.69, 9.17) is 9.47 Å². The predicted octanol–water partition coefficient (Wildman–Crippen LogP) is 1.57. The maximum absolute atomic E-state index is 12.4. The zero-order chi connectivity index (χ0) is 22.3. The number of hydrogen-bond donors (Lipinski definition) is 2. The summed E-state index contributed by atoms with van der Waals surface area (Å²) in [4.78, 5) is 48.5. The number of ether oxygens (including phenoxy) is 2. The second-order valence-corrected chi connectivity index (χ2v) is 7.87. The Kier molecular flexibility index (Phi) is 8.38. The van der Waals surface area contributed by atoms with Crippen molar-refractivity contribution in [1.29, 1.82) is 0 Å². The summed E-state index contributed by atoms with van der Waals surface area (Å²) in [5, 5.41) is 5.08. The Morgan fingerprint density at radius 2 is 1.80 bits per heavy atom. The third-order valence-electron chi connectivity index (χ3n) is 5.24. The van der Waals surface area contributed by atoms with Crippen LogP contribution in [0.3, 0.4) is 0 Å². The third-order valence-corrected chi connectivity index (χ3v) is 5.24. The summed E-state index contributed by atoms with van der Waals surface area (Å²) in [5.74, 6) is -2.65. The van der Waals surface area contributed by atoms with Gasteiger partial charge in [0.25, 0.3) is 5.91 Å². The molecule has 2 rings (SSSR count). The fourth-order valence-electron chi connectivity index (χ4n) is 3.14. The largest absolute Gasteiger partial charge is 0.459 e. The monoisotopic (exact) mass is 418 g/mol. The van der Waals surface area contributed by atoms with E-state index in [1.165, 1.54) is 0 Å². The second kappa shape index (κ2) is 10.8. The number of carbonyl (C=O) groups is 4. The molecule has 1 aliphatic rings. The van der Waals surface area contributed by atoms with E-state index in [1.54, 1.807) is 13.8 Å². The standard InChI is InChI=1S/C22H30N2O6/c1-5-14(4)17-19(30-21(17)27)20(26)23-11-16(25)24-18(13(2)3)22(28)29-12-15-9-7-6-8-10-15/h6-10,13-14,17-19H,5,11-12H2,1-4H3,(H,23,26)(H,24,25)/t14-,17?,18?,19?/m0/s1. The predicted molar refractivity (Wildman–Crippen MR) is 109 cm³/mol. The summed E-state index contributed by atoms with van der Waals surface area (Å²) >= 11 is 0. The number of esters is 2. The second-order valence-electron chi connectivity index (χ2n) is 7.87. The van der Waals surface area contributed by atoms with Crippen LogP contribution in [0.15, 0.2) is 30.3 Å². The zero-order valence-electron chi connectivity index (χ0n) is 17.8. The molecular weight excluding hydrogens is 388 g/mol. The smallest absolute Gasteiger partial charge is 0.329 e. The van der Waals surface area contributed by atoms with E-state index in [0.717, 1.165) is 12.0 Å². The quantitative estimate of drug-likeness (QED) is 0.558. The van der Waals surface area contributed by atoms with Gasteiger partial charge in [0, 0.05) is 0 Å². The van der Waals surface area contributed by atoms with E-state index < -0.39 is 41.8 Å². The number of cyclic esters (lactones) is 1. The highest BCUT2D eigenvalue weighted by Crippen LogP contribution is 2.31. The van der Waals surface area contributed by atoms with Crippen LogP contribution >= 0.6 is 0 Å². The van der Waals surface area contributed by atoms with Crippen LogP contribution in [0.2, 0.25) is 0 Å². The minimum atomic E-state index is -0.878. The van der Waals surface area contributed by atoms with Crippen molar-refractivity contribution in [3.8, 4) is 0 Å². The molecule has 0 radical (unpaired) electrons. The van der Waals surface area contributed by atoms with Gasteiger partial charge in [0.05, 0.1) is 6.54 Å². The Hall–Kier alpha value is -2.90. The number of amides is 2. The van der Waals surface area contributed by atoms with E-state index >= 15 is 0 Å². The van der Waals surface area contributed by atoms with E-state index in [2.05, 4.69) is 10.6 Å². The van der Waals surface area contributed by atoms with Gasteiger partial charge in [-0.05, 0) is 17.4 Å². The Morgan fingerprint density at radius 3 is 2.37 bits per heavy atom. The molecule has 2 amide bonds. The molecule has 30 heavy (non-hydrogen) atoms. The molecule has 0 bridgehead atoms. The van der Waals surface area contributed by atoms with Crippen LogP contribution in [0.1, 0.15) is 39.7 Å². The first-order valence-electron chi connectivity index (χ1n) is 10.2. The maximum atomic E-state index is 12.4. The van der Waals surface area contributed by atoms with E-state index in [9.17, 15) is 19.2 Å².